The Morgan fingerprint density at radius 2 is 2.15 bits per heavy atom. The van der Waals surface area contributed by atoms with Gasteiger partial charge in [0.25, 0.3) is 5.91 Å². The molecule has 0 fully saturated rings. The molecule has 0 saturated heterocycles. The number of halogens is 1. The van der Waals surface area contributed by atoms with Crippen molar-refractivity contribution in [3.8, 4) is 0 Å². The molecular formula is C25H30FN7O. The van der Waals surface area contributed by atoms with Crippen molar-refractivity contribution in [3.63, 3.8) is 0 Å². The number of amides is 1. The zero-order valence-electron chi connectivity index (χ0n) is 19.9. The Bertz CT molecular complexity index is 1210. The zero-order chi connectivity index (χ0) is 24.2. The van der Waals surface area contributed by atoms with Crippen molar-refractivity contribution in [2.75, 3.05) is 24.2 Å². The van der Waals surface area contributed by atoms with E-state index in [1.165, 1.54) is 6.07 Å². The number of benzene rings is 1. The molecule has 4 rings (SSSR count). The smallest absolute Gasteiger partial charge is 0.257 e. The van der Waals surface area contributed by atoms with E-state index in [1.807, 2.05) is 23.9 Å². The van der Waals surface area contributed by atoms with Crippen molar-refractivity contribution in [1.29, 1.82) is 0 Å². The van der Waals surface area contributed by atoms with E-state index in [4.69, 9.17) is 4.99 Å². The summed E-state index contributed by atoms with van der Waals surface area (Å²) >= 11 is 0. The molecule has 3 N–H and O–H groups in total. The highest BCUT2D eigenvalue weighted by Gasteiger charge is 2.22. The van der Waals surface area contributed by atoms with Gasteiger partial charge in [0.15, 0.2) is 0 Å². The van der Waals surface area contributed by atoms with Crippen LogP contribution in [0.25, 0.3) is 5.70 Å². The molecule has 0 saturated carbocycles. The minimum atomic E-state index is -0.511. The molecule has 2 atom stereocenters. The van der Waals surface area contributed by atoms with Crippen LogP contribution < -0.4 is 16.0 Å². The Kier molecular flexibility index (Phi) is 7.02. The van der Waals surface area contributed by atoms with E-state index in [0.29, 0.717) is 23.4 Å². The Hall–Kier alpha value is -3.59. The van der Waals surface area contributed by atoms with Gasteiger partial charge in [-0.1, -0.05) is 6.92 Å². The van der Waals surface area contributed by atoms with Crippen LogP contribution in [0.2, 0.25) is 0 Å². The number of nitrogens with one attached hydrogen (secondary N) is 3. The van der Waals surface area contributed by atoms with Crippen LogP contribution >= 0.6 is 0 Å². The third-order valence-corrected chi connectivity index (χ3v) is 6.06. The summed E-state index contributed by atoms with van der Waals surface area (Å²) < 4.78 is 16.3. The number of nitrogens with zero attached hydrogens (tertiary/aromatic N) is 4. The first-order valence-corrected chi connectivity index (χ1v) is 11.5. The molecule has 0 radical (unpaired) electrons. The topological polar surface area (TPSA) is 95.7 Å². The van der Waals surface area contributed by atoms with Gasteiger partial charge in [-0.15, -0.1) is 0 Å². The molecule has 34 heavy (non-hydrogen) atoms. The van der Waals surface area contributed by atoms with Gasteiger partial charge >= 0.3 is 0 Å². The third-order valence-electron chi connectivity index (χ3n) is 6.06. The maximum Gasteiger partial charge on any atom is 0.257 e. The molecule has 8 nitrogen and oxygen atoms in total. The highest BCUT2D eigenvalue weighted by Crippen LogP contribution is 2.27. The molecule has 2 aliphatic heterocycles. The van der Waals surface area contributed by atoms with Gasteiger partial charge in [-0.05, 0) is 50.1 Å². The quantitative estimate of drug-likeness (QED) is 0.626. The number of rotatable bonds is 5. The maximum atomic E-state index is 14.3. The number of aliphatic imine (C=N–C) groups is 2. The molecule has 2 unspecified atom stereocenters. The molecule has 9 heteroatoms. The SMILES string of the molecule is CCC1\C=C(c2cnn3c2CNCC3C)/N=C\C(C)=C(/C(=O)Nc2cc(NC)ccc2F)C=N1. The summed E-state index contributed by atoms with van der Waals surface area (Å²) in [7, 11) is 1.73. The van der Waals surface area contributed by atoms with Crippen molar-refractivity contribution < 1.29 is 9.18 Å². The lowest BCUT2D eigenvalue weighted by atomic mass is 10.1. The highest BCUT2D eigenvalue weighted by atomic mass is 19.1. The molecule has 0 aliphatic carbocycles. The van der Waals surface area contributed by atoms with E-state index in [-0.39, 0.29) is 17.8 Å². The molecule has 3 heterocycles. The fourth-order valence-corrected chi connectivity index (χ4v) is 4.01. The van der Waals surface area contributed by atoms with Crippen LogP contribution in [-0.4, -0.2) is 47.8 Å². The van der Waals surface area contributed by atoms with Crippen molar-refractivity contribution >= 4 is 35.4 Å². The zero-order valence-corrected chi connectivity index (χ0v) is 19.9. The van der Waals surface area contributed by atoms with Gasteiger partial charge in [-0.3, -0.25) is 19.5 Å². The molecule has 0 spiro atoms. The monoisotopic (exact) mass is 463 g/mol. The van der Waals surface area contributed by atoms with Crippen LogP contribution in [0.15, 0.2) is 51.6 Å². The van der Waals surface area contributed by atoms with Crippen LogP contribution in [0, 0.1) is 5.82 Å². The molecule has 2 aromatic rings. The standard InChI is InChI=1S/C25H30FN7O/c1-5-17-8-22(20-13-31-33-16(3)11-28-14-24(20)33)30-10-15(2)19(12-29-17)25(34)32-23-9-18(27-4)6-7-21(23)26/h6-10,12-13,16-17,27-28H,5,11,14H2,1-4H3,(H,32,34)/b19-15-,22-8-,29-12?,30-10-. The second-order valence-corrected chi connectivity index (χ2v) is 8.49. The van der Waals surface area contributed by atoms with E-state index in [9.17, 15) is 9.18 Å². The first kappa shape index (κ1) is 23.6. The van der Waals surface area contributed by atoms with Crippen LogP contribution in [-0.2, 0) is 11.3 Å². The second kappa shape index (κ2) is 10.1. The minimum absolute atomic E-state index is 0.0985. The first-order valence-electron chi connectivity index (χ1n) is 11.5. The van der Waals surface area contributed by atoms with E-state index in [0.717, 1.165) is 29.9 Å². The average molecular weight is 464 g/mol. The Morgan fingerprint density at radius 3 is 2.91 bits per heavy atom. The number of hydrogen-bond acceptors (Lipinski definition) is 6. The van der Waals surface area contributed by atoms with Crippen molar-refractivity contribution in [3.05, 3.63) is 58.7 Å². The fourth-order valence-electron chi connectivity index (χ4n) is 4.01. The Labute approximate surface area is 198 Å². The van der Waals surface area contributed by atoms with Gasteiger partial charge in [0.05, 0.1) is 40.9 Å². The summed E-state index contributed by atoms with van der Waals surface area (Å²) in [6, 6.07) is 4.56. The molecular weight excluding hydrogens is 433 g/mol. The lowest BCUT2D eigenvalue weighted by Crippen LogP contribution is -2.32. The molecule has 2 aliphatic rings. The van der Waals surface area contributed by atoms with Gasteiger partial charge in [-0.2, -0.15) is 5.10 Å². The lowest BCUT2D eigenvalue weighted by molar-refractivity contribution is -0.112. The summed E-state index contributed by atoms with van der Waals surface area (Å²) in [6.45, 7) is 7.54. The fraction of sp³-hybridized carbons (Fsp3) is 0.360. The van der Waals surface area contributed by atoms with Gasteiger partial charge in [-0.25, -0.2) is 4.39 Å². The summed E-state index contributed by atoms with van der Waals surface area (Å²) in [5, 5.41) is 13.6. The second-order valence-electron chi connectivity index (χ2n) is 8.49. The number of aromatic nitrogens is 2. The highest BCUT2D eigenvalue weighted by molar-refractivity contribution is 6.21. The number of fused-ring (bicyclic) bond motifs is 1. The molecule has 1 aromatic heterocycles. The minimum Gasteiger partial charge on any atom is -0.388 e. The third kappa shape index (κ3) is 4.84. The molecule has 1 aromatic carbocycles. The maximum absolute atomic E-state index is 14.3. The number of hydrogen-bond donors (Lipinski definition) is 3. The molecule has 0 bridgehead atoms. The number of allylic oxidation sites excluding steroid dienone is 1. The van der Waals surface area contributed by atoms with Crippen LogP contribution in [0.3, 0.4) is 0 Å². The number of carbonyl (C=O) groups is 1. The molecule has 178 valence electrons. The average Bonchev–Trinajstić information content (AvgIpc) is 3.29. The van der Waals surface area contributed by atoms with E-state index in [1.54, 1.807) is 38.5 Å². The van der Waals surface area contributed by atoms with Gasteiger partial charge in [0, 0.05) is 43.8 Å². The molecule has 1 amide bonds. The first-order chi connectivity index (χ1) is 16.4. The van der Waals surface area contributed by atoms with Crippen LogP contribution in [0.1, 0.15) is 44.5 Å². The Balaban J connectivity index is 1.67. The van der Waals surface area contributed by atoms with E-state index < -0.39 is 11.7 Å². The normalized spacial score (nSPS) is 24.8. The van der Waals surface area contributed by atoms with Crippen molar-refractivity contribution in [2.45, 2.75) is 45.8 Å². The summed E-state index contributed by atoms with van der Waals surface area (Å²) in [6.07, 6.45) is 7.81. The summed E-state index contributed by atoms with van der Waals surface area (Å²) in [5.74, 6) is -0.956. The predicted octanol–water partition coefficient (Wildman–Crippen LogP) is 3.96. The van der Waals surface area contributed by atoms with E-state index >= 15 is 0 Å². The number of anilines is 2. The van der Waals surface area contributed by atoms with Crippen LogP contribution in [0.4, 0.5) is 15.8 Å². The van der Waals surface area contributed by atoms with Gasteiger partial charge < -0.3 is 16.0 Å². The van der Waals surface area contributed by atoms with E-state index in [2.05, 4.69) is 33.0 Å². The number of carbonyl (C=O) groups excluding carboxylic acids is 1. The van der Waals surface area contributed by atoms with Crippen molar-refractivity contribution in [2.24, 2.45) is 9.98 Å². The largest absolute Gasteiger partial charge is 0.388 e. The van der Waals surface area contributed by atoms with Crippen LogP contribution in [0.5, 0.6) is 0 Å². The Morgan fingerprint density at radius 1 is 1.32 bits per heavy atom. The lowest BCUT2D eigenvalue weighted by Gasteiger charge is -2.23. The summed E-state index contributed by atoms with van der Waals surface area (Å²) in [4.78, 5) is 22.5. The summed E-state index contributed by atoms with van der Waals surface area (Å²) in [5.41, 5.74) is 4.56. The van der Waals surface area contributed by atoms with Gasteiger partial charge in [0.1, 0.15) is 5.82 Å². The van der Waals surface area contributed by atoms with Crippen molar-refractivity contribution in [1.82, 2.24) is 15.1 Å². The van der Waals surface area contributed by atoms with Gasteiger partial charge in [0.2, 0.25) is 0 Å². The predicted molar refractivity (Wildman–Crippen MR) is 135 cm³/mol.